The van der Waals surface area contributed by atoms with E-state index in [4.69, 9.17) is 14.2 Å². The lowest BCUT2D eigenvalue weighted by molar-refractivity contribution is -0.185. The minimum absolute atomic E-state index is 0.119. The van der Waals surface area contributed by atoms with Crippen LogP contribution in [0.5, 0.6) is 0 Å². The van der Waals surface area contributed by atoms with Gasteiger partial charge in [-0.2, -0.15) is 0 Å². The second-order valence-corrected chi connectivity index (χ2v) is 4.76. The van der Waals surface area contributed by atoms with Gasteiger partial charge in [0.25, 0.3) is 0 Å². The molecule has 1 heterocycles. The van der Waals surface area contributed by atoms with Gasteiger partial charge in [0, 0.05) is 6.42 Å². The first-order valence-electron chi connectivity index (χ1n) is 6.82. The molecular weight excluding hydrogens is 256 g/mol. The lowest BCUT2D eigenvalue weighted by Gasteiger charge is -2.25. The van der Waals surface area contributed by atoms with Gasteiger partial charge in [0.2, 0.25) is 0 Å². The zero-order valence-corrected chi connectivity index (χ0v) is 11.5. The molecule has 20 heavy (non-hydrogen) atoms. The molecular formula is C16H20O4. The summed E-state index contributed by atoms with van der Waals surface area (Å²) in [5.41, 5.74) is 0.967. The van der Waals surface area contributed by atoms with E-state index in [1.807, 2.05) is 30.3 Å². The molecule has 0 aromatic heterocycles. The monoisotopic (exact) mass is 276 g/mol. The number of carbonyl (C=O) groups is 1. The molecule has 0 atom stereocenters. The van der Waals surface area contributed by atoms with E-state index in [9.17, 15) is 4.79 Å². The van der Waals surface area contributed by atoms with Gasteiger partial charge in [0.1, 0.15) is 6.61 Å². The normalized spacial score (nSPS) is 16.8. The van der Waals surface area contributed by atoms with E-state index in [1.54, 1.807) is 6.08 Å². The summed E-state index contributed by atoms with van der Waals surface area (Å²) in [6.45, 7) is 4.99. The third kappa shape index (κ3) is 4.18. The molecule has 4 nitrogen and oxygen atoms in total. The molecule has 0 N–H and O–H groups in total. The lowest BCUT2D eigenvalue weighted by Crippen LogP contribution is -2.33. The SMILES string of the molecule is C=CCCC1(CC(=O)OCc2ccccc2)OCCO1. The van der Waals surface area contributed by atoms with Gasteiger partial charge in [-0.3, -0.25) is 4.79 Å². The van der Waals surface area contributed by atoms with E-state index in [0.29, 0.717) is 19.6 Å². The third-order valence-corrected chi connectivity index (χ3v) is 3.20. The van der Waals surface area contributed by atoms with Crippen molar-refractivity contribution in [3.05, 3.63) is 48.6 Å². The standard InChI is InChI=1S/C16H20O4/c1-2-3-9-16(19-10-11-20-16)12-15(17)18-13-14-7-5-4-6-8-14/h2,4-8H,1,3,9-13H2. The van der Waals surface area contributed by atoms with Crippen LogP contribution in [-0.4, -0.2) is 25.0 Å². The molecule has 0 spiro atoms. The number of hydrogen-bond donors (Lipinski definition) is 0. The molecule has 1 aromatic rings. The Morgan fingerprint density at radius 1 is 1.30 bits per heavy atom. The highest BCUT2D eigenvalue weighted by molar-refractivity contribution is 5.70. The molecule has 1 saturated heterocycles. The Hall–Kier alpha value is -1.65. The number of allylic oxidation sites excluding steroid dienone is 1. The maximum atomic E-state index is 11.9. The first-order chi connectivity index (χ1) is 9.74. The Labute approximate surface area is 119 Å². The summed E-state index contributed by atoms with van der Waals surface area (Å²) in [6, 6.07) is 9.60. The minimum Gasteiger partial charge on any atom is -0.461 e. The van der Waals surface area contributed by atoms with Gasteiger partial charge >= 0.3 is 5.97 Å². The van der Waals surface area contributed by atoms with E-state index in [2.05, 4.69) is 6.58 Å². The summed E-state index contributed by atoms with van der Waals surface area (Å²) >= 11 is 0. The molecule has 0 radical (unpaired) electrons. The smallest absolute Gasteiger partial charge is 0.311 e. The van der Waals surface area contributed by atoms with Gasteiger partial charge in [-0.15, -0.1) is 6.58 Å². The van der Waals surface area contributed by atoms with Crippen molar-refractivity contribution >= 4 is 5.97 Å². The second kappa shape index (κ2) is 7.22. The average Bonchev–Trinajstić information content (AvgIpc) is 2.93. The summed E-state index contributed by atoms with van der Waals surface area (Å²) in [5, 5.41) is 0. The number of rotatable bonds is 7. The number of benzene rings is 1. The quantitative estimate of drug-likeness (QED) is 0.567. The van der Waals surface area contributed by atoms with Crippen molar-refractivity contribution in [2.45, 2.75) is 31.7 Å². The highest BCUT2D eigenvalue weighted by Gasteiger charge is 2.38. The lowest BCUT2D eigenvalue weighted by atomic mass is 10.1. The molecule has 2 rings (SSSR count). The molecule has 0 saturated carbocycles. The Kier molecular flexibility index (Phi) is 5.32. The fourth-order valence-corrected chi connectivity index (χ4v) is 2.16. The molecule has 0 unspecified atom stereocenters. The third-order valence-electron chi connectivity index (χ3n) is 3.20. The molecule has 4 heteroatoms. The molecule has 1 aliphatic rings. The number of carbonyl (C=O) groups excluding carboxylic acids is 1. The van der Waals surface area contributed by atoms with Gasteiger partial charge in [-0.05, 0) is 12.0 Å². The number of ether oxygens (including phenoxy) is 3. The molecule has 1 fully saturated rings. The van der Waals surface area contributed by atoms with Crippen molar-refractivity contribution < 1.29 is 19.0 Å². The Balaban J connectivity index is 1.84. The molecule has 0 bridgehead atoms. The van der Waals surface area contributed by atoms with Crippen LogP contribution in [0.3, 0.4) is 0 Å². The van der Waals surface area contributed by atoms with Crippen LogP contribution in [0, 0.1) is 0 Å². The summed E-state index contributed by atoms with van der Waals surface area (Å²) < 4.78 is 16.5. The number of esters is 1. The first-order valence-corrected chi connectivity index (χ1v) is 6.82. The fourth-order valence-electron chi connectivity index (χ4n) is 2.16. The molecule has 1 aromatic carbocycles. The van der Waals surface area contributed by atoms with E-state index in [1.165, 1.54) is 0 Å². The van der Waals surface area contributed by atoms with Gasteiger partial charge in [-0.1, -0.05) is 36.4 Å². The van der Waals surface area contributed by atoms with Crippen LogP contribution < -0.4 is 0 Å². The van der Waals surface area contributed by atoms with E-state index < -0.39 is 5.79 Å². The van der Waals surface area contributed by atoms with E-state index in [0.717, 1.165) is 12.0 Å². The van der Waals surface area contributed by atoms with Crippen LogP contribution in [0.2, 0.25) is 0 Å². The maximum absolute atomic E-state index is 11.9. The Morgan fingerprint density at radius 3 is 2.65 bits per heavy atom. The molecule has 1 aliphatic heterocycles. The van der Waals surface area contributed by atoms with Crippen LogP contribution in [0.4, 0.5) is 0 Å². The van der Waals surface area contributed by atoms with Crippen LogP contribution in [0.25, 0.3) is 0 Å². The van der Waals surface area contributed by atoms with Crippen molar-refractivity contribution in [1.82, 2.24) is 0 Å². The maximum Gasteiger partial charge on any atom is 0.311 e. The van der Waals surface area contributed by atoms with Gasteiger partial charge < -0.3 is 14.2 Å². The zero-order chi connectivity index (χ0) is 14.3. The van der Waals surface area contributed by atoms with Gasteiger partial charge in [0.15, 0.2) is 5.79 Å². The minimum atomic E-state index is -0.831. The van der Waals surface area contributed by atoms with Crippen LogP contribution in [0.15, 0.2) is 43.0 Å². The second-order valence-electron chi connectivity index (χ2n) is 4.76. The Morgan fingerprint density at radius 2 is 2.00 bits per heavy atom. The van der Waals surface area contributed by atoms with Crippen molar-refractivity contribution in [2.75, 3.05) is 13.2 Å². The first kappa shape index (κ1) is 14.8. The summed E-state index contributed by atoms with van der Waals surface area (Å²) in [7, 11) is 0. The van der Waals surface area contributed by atoms with Crippen molar-refractivity contribution in [3.8, 4) is 0 Å². The number of hydrogen-bond acceptors (Lipinski definition) is 4. The summed E-state index contributed by atoms with van der Waals surface area (Å²) in [5.74, 6) is -1.14. The predicted octanol–water partition coefficient (Wildman–Crippen LogP) is 2.83. The van der Waals surface area contributed by atoms with Crippen LogP contribution in [-0.2, 0) is 25.6 Å². The topological polar surface area (TPSA) is 44.8 Å². The molecule has 0 amide bonds. The highest BCUT2D eigenvalue weighted by atomic mass is 16.7. The van der Waals surface area contributed by atoms with E-state index >= 15 is 0 Å². The van der Waals surface area contributed by atoms with Crippen LogP contribution >= 0.6 is 0 Å². The van der Waals surface area contributed by atoms with Gasteiger partial charge in [-0.25, -0.2) is 0 Å². The fraction of sp³-hybridized carbons (Fsp3) is 0.438. The predicted molar refractivity (Wildman–Crippen MR) is 74.9 cm³/mol. The zero-order valence-electron chi connectivity index (χ0n) is 11.5. The molecule has 0 aliphatic carbocycles. The van der Waals surface area contributed by atoms with E-state index in [-0.39, 0.29) is 19.0 Å². The van der Waals surface area contributed by atoms with Gasteiger partial charge in [0.05, 0.1) is 19.6 Å². The van der Waals surface area contributed by atoms with Crippen molar-refractivity contribution in [3.63, 3.8) is 0 Å². The Bertz CT molecular complexity index is 435. The average molecular weight is 276 g/mol. The van der Waals surface area contributed by atoms with Crippen LogP contribution in [0.1, 0.15) is 24.8 Å². The molecule has 108 valence electrons. The highest BCUT2D eigenvalue weighted by Crippen LogP contribution is 2.29. The van der Waals surface area contributed by atoms with Crippen molar-refractivity contribution in [2.24, 2.45) is 0 Å². The largest absolute Gasteiger partial charge is 0.461 e. The summed E-state index contributed by atoms with van der Waals surface area (Å²) in [6.07, 6.45) is 3.28. The van der Waals surface area contributed by atoms with Crippen molar-refractivity contribution in [1.29, 1.82) is 0 Å². The summed E-state index contributed by atoms with van der Waals surface area (Å²) in [4.78, 5) is 11.9.